The zero-order valence-corrected chi connectivity index (χ0v) is 14.0. The molecule has 0 radical (unpaired) electrons. The van der Waals surface area contributed by atoms with E-state index in [1.165, 1.54) is 18.2 Å². The molecule has 0 saturated heterocycles. The Morgan fingerprint density at radius 2 is 2.00 bits per heavy atom. The van der Waals surface area contributed by atoms with E-state index in [1.807, 2.05) is 13.8 Å². The summed E-state index contributed by atoms with van der Waals surface area (Å²) in [6.45, 7) is 4.85. The van der Waals surface area contributed by atoms with E-state index in [1.54, 1.807) is 0 Å². The van der Waals surface area contributed by atoms with E-state index in [2.05, 4.69) is 26.0 Å². The number of unbranched alkanes of at least 4 members (excludes halogenated alkanes) is 1. The summed E-state index contributed by atoms with van der Waals surface area (Å²) in [5.74, 6) is -0.600. The van der Waals surface area contributed by atoms with Crippen LogP contribution in [0.3, 0.4) is 0 Å². The lowest BCUT2D eigenvalue weighted by atomic mass is 10.3. The van der Waals surface area contributed by atoms with Crippen LogP contribution < -0.4 is 10.0 Å². The highest BCUT2D eigenvalue weighted by Gasteiger charge is 2.13. The summed E-state index contributed by atoms with van der Waals surface area (Å²) in [7, 11) is -3.51. The number of hydrogen-bond donors (Lipinski definition) is 2. The molecule has 0 aliphatic heterocycles. The monoisotopic (exact) mass is 366 g/mol. The Labute approximate surface area is 128 Å². The molecule has 0 fully saturated rings. The van der Waals surface area contributed by atoms with Gasteiger partial charge >= 0.3 is 0 Å². The standard InChI is InChI=1S/C13H20BrFN2O2S/c1-10(2)16-7-3-4-8-20(18,19)17-13-9-11(14)5-6-12(13)15/h5-6,9-10,16-17H,3-4,7-8H2,1-2H3. The number of hydrogen-bond acceptors (Lipinski definition) is 3. The second-order valence-corrected chi connectivity index (χ2v) is 7.62. The Morgan fingerprint density at radius 1 is 1.30 bits per heavy atom. The van der Waals surface area contributed by atoms with Gasteiger partial charge in [0.15, 0.2) is 0 Å². The minimum absolute atomic E-state index is 0.0152. The number of nitrogens with one attached hydrogen (secondary N) is 2. The van der Waals surface area contributed by atoms with Gasteiger partial charge in [-0.3, -0.25) is 4.72 Å². The Balaban J connectivity index is 2.47. The molecule has 20 heavy (non-hydrogen) atoms. The molecule has 7 heteroatoms. The van der Waals surface area contributed by atoms with E-state index in [0.29, 0.717) is 16.9 Å². The molecule has 1 aromatic carbocycles. The summed E-state index contributed by atoms with van der Waals surface area (Å²) in [5.41, 5.74) is -0.0281. The minimum atomic E-state index is -3.51. The summed E-state index contributed by atoms with van der Waals surface area (Å²) in [6, 6.07) is 4.53. The van der Waals surface area contributed by atoms with Crippen molar-refractivity contribution in [3.05, 3.63) is 28.5 Å². The summed E-state index contributed by atoms with van der Waals surface area (Å²) < 4.78 is 40.1. The first-order valence-corrected chi connectivity index (χ1v) is 8.93. The highest BCUT2D eigenvalue weighted by atomic mass is 79.9. The molecule has 0 saturated carbocycles. The van der Waals surface area contributed by atoms with E-state index < -0.39 is 15.8 Å². The Hall–Kier alpha value is -0.660. The Kier molecular flexibility index (Phi) is 6.91. The van der Waals surface area contributed by atoms with Gasteiger partial charge in [-0.1, -0.05) is 29.8 Å². The second-order valence-electron chi connectivity index (χ2n) is 4.86. The number of anilines is 1. The minimum Gasteiger partial charge on any atom is -0.315 e. The molecule has 2 N–H and O–H groups in total. The van der Waals surface area contributed by atoms with Gasteiger partial charge in [-0.2, -0.15) is 0 Å². The maximum absolute atomic E-state index is 13.5. The Morgan fingerprint density at radius 3 is 2.65 bits per heavy atom. The predicted molar refractivity (Wildman–Crippen MR) is 83.9 cm³/mol. The molecule has 0 aliphatic carbocycles. The number of halogens is 2. The van der Waals surface area contributed by atoms with Crippen LogP contribution in [0, 0.1) is 5.82 Å². The van der Waals surface area contributed by atoms with Gasteiger partial charge in [0.05, 0.1) is 11.4 Å². The van der Waals surface area contributed by atoms with Crippen LogP contribution in [-0.2, 0) is 10.0 Å². The van der Waals surface area contributed by atoms with E-state index >= 15 is 0 Å². The zero-order valence-electron chi connectivity index (χ0n) is 11.6. The van der Waals surface area contributed by atoms with E-state index in [0.717, 1.165) is 13.0 Å². The number of sulfonamides is 1. The molecule has 1 aromatic rings. The quantitative estimate of drug-likeness (QED) is 0.695. The predicted octanol–water partition coefficient (Wildman–Crippen LogP) is 3.11. The van der Waals surface area contributed by atoms with Crippen LogP contribution in [0.5, 0.6) is 0 Å². The third kappa shape index (κ3) is 6.67. The van der Waals surface area contributed by atoms with E-state index in [-0.39, 0.29) is 11.4 Å². The van der Waals surface area contributed by atoms with Crippen LogP contribution in [-0.4, -0.2) is 26.8 Å². The first-order chi connectivity index (χ1) is 9.30. The highest BCUT2D eigenvalue weighted by molar-refractivity contribution is 9.10. The Bertz CT molecular complexity index is 535. The highest BCUT2D eigenvalue weighted by Crippen LogP contribution is 2.21. The van der Waals surface area contributed by atoms with Crippen molar-refractivity contribution < 1.29 is 12.8 Å². The van der Waals surface area contributed by atoms with Crippen molar-refractivity contribution in [2.75, 3.05) is 17.0 Å². The van der Waals surface area contributed by atoms with Gasteiger partial charge in [0.2, 0.25) is 10.0 Å². The van der Waals surface area contributed by atoms with Crippen molar-refractivity contribution in [1.82, 2.24) is 5.32 Å². The van der Waals surface area contributed by atoms with E-state index in [9.17, 15) is 12.8 Å². The van der Waals surface area contributed by atoms with Crippen molar-refractivity contribution >= 4 is 31.6 Å². The fourth-order valence-corrected chi connectivity index (χ4v) is 3.14. The first-order valence-electron chi connectivity index (χ1n) is 6.49. The molecule has 0 aliphatic rings. The average molecular weight is 367 g/mol. The molecule has 1 rings (SSSR count). The van der Waals surface area contributed by atoms with Crippen molar-refractivity contribution in [1.29, 1.82) is 0 Å². The summed E-state index contributed by atoms with van der Waals surface area (Å²) >= 11 is 3.18. The van der Waals surface area contributed by atoms with Crippen molar-refractivity contribution in [2.45, 2.75) is 32.7 Å². The molecule has 0 atom stereocenters. The van der Waals surface area contributed by atoms with Gasteiger partial charge in [-0.05, 0) is 37.6 Å². The first kappa shape index (κ1) is 17.4. The lowest BCUT2D eigenvalue weighted by molar-refractivity contribution is 0.560. The normalized spacial score (nSPS) is 11.8. The maximum Gasteiger partial charge on any atom is 0.232 e. The van der Waals surface area contributed by atoms with Gasteiger partial charge in [-0.15, -0.1) is 0 Å². The largest absolute Gasteiger partial charge is 0.315 e. The van der Waals surface area contributed by atoms with Crippen molar-refractivity contribution in [2.24, 2.45) is 0 Å². The number of benzene rings is 1. The summed E-state index contributed by atoms with van der Waals surface area (Å²) in [4.78, 5) is 0. The van der Waals surface area contributed by atoms with Crippen LogP contribution >= 0.6 is 15.9 Å². The molecule has 0 unspecified atom stereocenters. The maximum atomic E-state index is 13.5. The van der Waals surface area contributed by atoms with Crippen LogP contribution in [0.2, 0.25) is 0 Å². The fraction of sp³-hybridized carbons (Fsp3) is 0.538. The van der Waals surface area contributed by atoms with E-state index in [4.69, 9.17) is 0 Å². The van der Waals surface area contributed by atoms with Gasteiger partial charge < -0.3 is 5.32 Å². The third-order valence-electron chi connectivity index (χ3n) is 2.59. The van der Waals surface area contributed by atoms with Crippen LogP contribution in [0.4, 0.5) is 10.1 Å². The topological polar surface area (TPSA) is 58.2 Å². The molecule has 114 valence electrons. The molecule has 0 spiro atoms. The summed E-state index contributed by atoms with van der Waals surface area (Å²) in [5, 5.41) is 3.22. The molecule has 0 aromatic heterocycles. The lowest BCUT2D eigenvalue weighted by Gasteiger charge is -2.10. The van der Waals surface area contributed by atoms with Gasteiger partial charge in [0, 0.05) is 10.5 Å². The smallest absolute Gasteiger partial charge is 0.232 e. The SMILES string of the molecule is CC(C)NCCCCS(=O)(=O)Nc1cc(Br)ccc1F. The second kappa shape index (κ2) is 7.95. The molecule has 0 heterocycles. The van der Waals surface area contributed by atoms with Crippen LogP contribution in [0.1, 0.15) is 26.7 Å². The average Bonchev–Trinajstić information content (AvgIpc) is 2.32. The van der Waals surface area contributed by atoms with Crippen molar-refractivity contribution in [3.8, 4) is 0 Å². The van der Waals surface area contributed by atoms with Gasteiger partial charge in [-0.25, -0.2) is 12.8 Å². The summed E-state index contributed by atoms with van der Waals surface area (Å²) in [6.07, 6.45) is 1.30. The van der Waals surface area contributed by atoms with Gasteiger partial charge in [0.25, 0.3) is 0 Å². The molecule has 0 amide bonds. The molecular formula is C13H20BrFN2O2S. The van der Waals surface area contributed by atoms with Crippen molar-refractivity contribution in [3.63, 3.8) is 0 Å². The molecule has 0 bridgehead atoms. The van der Waals surface area contributed by atoms with Gasteiger partial charge in [0.1, 0.15) is 5.82 Å². The zero-order chi connectivity index (χ0) is 15.2. The van der Waals surface area contributed by atoms with Crippen LogP contribution in [0.15, 0.2) is 22.7 Å². The number of rotatable bonds is 8. The third-order valence-corrected chi connectivity index (χ3v) is 4.44. The lowest BCUT2D eigenvalue weighted by Crippen LogP contribution is -2.24. The van der Waals surface area contributed by atoms with Crippen LogP contribution in [0.25, 0.3) is 0 Å². The molecular weight excluding hydrogens is 347 g/mol. The molecule has 4 nitrogen and oxygen atoms in total. The fourth-order valence-electron chi connectivity index (χ4n) is 1.60.